The molecule has 1 heterocycles. The molecular weight excluding hydrogens is 346 g/mol. The molecule has 0 aliphatic carbocycles. The summed E-state index contributed by atoms with van der Waals surface area (Å²) < 4.78 is 17.4. The number of nitrogens with zero attached hydrogens (tertiary/aromatic N) is 2. The molecule has 1 fully saturated rings. The van der Waals surface area contributed by atoms with E-state index < -0.39 is 11.1 Å². The van der Waals surface area contributed by atoms with Crippen molar-refractivity contribution in [2.75, 3.05) is 25.9 Å². The Morgan fingerprint density at radius 1 is 1.50 bits per heavy atom. The normalized spacial score (nSPS) is 17.4. The zero-order chi connectivity index (χ0) is 17.4. The minimum Gasteiger partial charge on any atom is -0.396 e. The molecule has 24 heavy (non-hydrogen) atoms. The first-order chi connectivity index (χ1) is 11.6. The van der Waals surface area contributed by atoms with Gasteiger partial charge < -0.3 is 14.4 Å². The van der Waals surface area contributed by atoms with Gasteiger partial charge in [0.2, 0.25) is 5.91 Å². The Labute approximate surface area is 147 Å². The van der Waals surface area contributed by atoms with Crippen LogP contribution in [0.4, 0.5) is 0 Å². The third kappa shape index (κ3) is 5.15. The molecule has 1 amide bonds. The molecule has 8 heteroatoms. The first-order valence-electron chi connectivity index (χ1n) is 7.19. The van der Waals surface area contributed by atoms with Crippen LogP contribution in [-0.4, -0.2) is 40.9 Å². The van der Waals surface area contributed by atoms with Crippen molar-refractivity contribution in [3.8, 4) is 11.8 Å². The second kappa shape index (κ2) is 9.15. The van der Waals surface area contributed by atoms with Crippen LogP contribution in [0.1, 0.15) is 0 Å². The van der Waals surface area contributed by atoms with Gasteiger partial charge in [0.25, 0.3) is 11.1 Å². The first-order valence-corrected chi connectivity index (χ1v) is 9.25. The lowest BCUT2D eigenvalue weighted by Gasteiger charge is -2.17. The van der Waals surface area contributed by atoms with Crippen LogP contribution in [0.2, 0.25) is 0 Å². The summed E-state index contributed by atoms with van der Waals surface area (Å²) in [5.41, 5.74) is 0. The zero-order valence-corrected chi connectivity index (χ0v) is 14.7. The number of hydrogen-bond donors (Lipinski definition) is 1. The fraction of sp³-hybridized carbons (Fsp3) is 0.250. The number of nitrogens with one attached hydrogen (secondary N) is 1. The van der Waals surface area contributed by atoms with E-state index in [1.54, 1.807) is 49.2 Å². The molecule has 1 saturated heterocycles. The summed E-state index contributed by atoms with van der Waals surface area (Å²) in [6.07, 6.45) is 3.18. The maximum absolute atomic E-state index is 12.1. The topological polar surface area (TPSA) is 82.4 Å². The van der Waals surface area contributed by atoms with Crippen molar-refractivity contribution in [2.45, 2.75) is 0 Å². The molecule has 1 atom stereocenters. The molecule has 1 aromatic carbocycles. The number of amides is 1. The molecule has 1 unspecified atom stereocenters. The molecule has 126 valence electrons. The van der Waals surface area contributed by atoms with Gasteiger partial charge in [0, 0.05) is 19.3 Å². The molecule has 0 saturated carbocycles. The number of rotatable bonds is 6. The van der Waals surface area contributed by atoms with Crippen molar-refractivity contribution in [1.82, 2.24) is 10.2 Å². The van der Waals surface area contributed by atoms with Crippen LogP contribution in [0.15, 0.2) is 52.4 Å². The van der Waals surface area contributed by atoms with Crippen molar-refractivity contribution >= 4 is 28.7 Å². The van der Waals surface area contributed by atoms with Crippen LogP contribution in [0.5, 0.6) is 5.75 Å². The highest BCUT2D eigenvalue weighted by molar-refractivity contribution is 8.03. The number of thioether (sulfide) groups is 1. The second-order valence-corrected chi connectivity index (χ2v) is 6.91. The van der Waals surface area contributed by atoms with Crippen LogP contribution in [-0.2, 0) is 15.9 Å². The molecule has 6 nitrogen and oxygen atoms in total. The van der Waals surface area contributed by atoms with E-state index in [9.17, 15) is 14.3 Å². The van der Waals surface area contributed by atoms with Crippen molar-refractivity contribution in [3.05, 3.63) is 52.4 Å². The highest BCUT2D eigenvalue weighted by Gasteiger charge is 2.19. The third-order valence-corrected chi connectivity index (χ3v) is 5.13. The Morgan fingerprint density at radius 3 is 2.92 bits per heavy atom. The molecule has 0 radical (unpaired) electrons. The van der Waals surface area contributed by atoms with Crippen LogP contribution >= 0.6 is 11.8 Å². The van der Waals surface area contributed by atoms with E-state index in [0.29, 0.717) is 5.75 Å². The Hall–Kier alpha value is -2.24. The van der Waals surface area contributed by atoms with Gasteiger partial charge in [-0.2, -0.15) is 5.26 Å². The van der Waals surface area contributed by atoms with E-state index in [-0.39, 0.29) is 17.4 Å². The number of nitriles is 1. The van der Waals surface area contributed by atoms with E-state index in [1.165, 1.54) is 6.08 Å². The van der Waals surface area contributed by atoms with Gasteiger partial charge >= 0.3 is 0 Å². The van der Waals surface area contributed by atoms with Gasteiger partial charge in [0.1, 0.15) is 11.8 Å². The first kappa shape index (κ1) is 18.1. The lowest BCUT2D eigenvalue weighted by Crippen LogP contribution is -2.32. The fourth-order valence-corrected chi connectivity index (χ4v) is 3.56. The molecule has 0 bridgehead atoms. The number of para-hydroxylation sites is 1. The smallest absolute Gasteiger partial charge is 0.251 e. The van der Waals surface area contributed by atoms with Crippen LogP contribution in [0.25, 0.3) is 0 Å². The minimum atomic E-state index is -1.88. The lowest BCUT2D eigenvalue weighted by molar-refractivity contribution is -0.121. The number of allylic oxidation sites excluding steroid dienone is 3. The van der Waals surface area contributed by atoms with Crippen LogP contribution in [0, 0.1) is 11.3 Å². The average Bonchev–Trinajstić information content (AvgIpc) is 3.03. The Balaban J connectivity index is 2.07. The van der Waals surface area contributed by atoms with Gasteiger partial charge in [0.05, 0.1) is 11.6 Å². The van der Waals surface area contributed by atoms with Crippen LogP contribution < -0.4 is 9.50 Å². The monoisotopic (exact) mass is 363 g/mol. The summed E-state index contributed by atoms with van der Waals surface area (Å²) in [5.74, 6) is 1.22. The maximum atomic E-state index is 12.1. The summed E-state index contributed by atoms with van der Waals surface area (Å²) in [6.45, 7) is 1.01. The highest BCUT2D eigenvalue weighted by Crippen LogP contribution is 2.27. The van der Waals surface area contributed by atoms with Crippen LogP contribution in [0.3, 0.4) is 0 Å². The number of benzene rings is 1. The van der Waals surface area contributed by atoms with Crippen molar-refractivity contribution in [1.29, 1.82) is 5.26 Å². The Morgan fingerprint density at radius 2 is 2.25 bits per heavy atom. The number of carbonyl (C=O) groups excluding carboxylic acids is 1. The largest absolute Gasteiger partial charge is 0.396 e. The van der Waals surface area contributed by atoms with Gasteiger partial charge in [-0.25, -0.2) is 4.21 Å². The summed E-state index contributed by atoms with van der Waals surface area (Å²) in [4.78, 5) is 13.4. The van der Waals surface area contributed by atoms with Gasteiger partial charge in [-0.15, -0.1) is 11.8 Å². The number of carbonyl (C=O) groups is 1. The van der Waals surface area contributed by atoms with Gasteiger partial charge in [-0.1, -0.05) is 18.2 Å². The molecule has 0 spiro atoms. The minimum absolute atomic E-state index is 0.0127. The van der Waals surface area contributed by atoms with E-state index >= 15 is 0 Å². The third-order valence-electron chi connectivity index (χ3n) is 3.12. The lowest BCUT2D eigenvalue weighted by atomic mass is 10.3. The average molecular weight is 363 g/mol. The Bertz CT molecular complexity index is 711. The molecule has 1 N–H and O–H groups in total. The zero-order valence-electron chi connectivity index (χ0n) is 13.1. The standard InChI is InChI=1S/C16H17N3O3S2/c1-18-15(20)12-19-9-10-23-16(19)8-7-14(11-17)24(21)22-13-5-3-2-4-6-13/h2-8H,9-10,12H2,1H3,(H,18,20)/b14-7+,16-8-. The van der Waals surface area contributed by atoms with E-state index in [0.717, 1.165) is 17.3 Å². The van der Waals surface area contributed by atoms with Gasteiger partial charge in [-0.3, -0.25) is 4.79 Å². The summed E-state index contributed by atoms with van der Waals surface area (Å²) in [7, 11) is 1.59. The molecule has 1 aromatic rings. The highest BCUT2D eigenvalue weighted by atomic mass is 32.2. The number of hydrogen-bond acceptors (Lipinski definition) is 6. The summed E-state index contributed by atoms with van der Waals surface area (Å²) in [6, 6.07) is 10.6. The molecule has 0 aromatic heterocycles. The maximum Gasteiger partial charge on any atom is 0.251 e. The Kier molecular flexibility index (Phi) is 6.90. The summed E-state index contributed by atoms with van der Waals surface area (Å²) in [5, 5.41) is 12.6. The molecule has 1 aliphatic heterocycles. The SMILES string of the molecule is CNC(=O)CN1CCS/C1=C\C=C(/C#N)S(=O)Oc1ccccc1. The van der Waals surface area contributed by atoms with Crippen molar-refractivity contribution in [2.24, 2.45) is 0 Å². The molecule has 2 rings (SSSR count). The van der Waals surface area contributed by atoms with E-state index in [4.69, 9.17) is 4.18 Å². The van der Waals surface area contributed by atoms with Crippen molar-refractivity contribution < 1.29 is 13.2 Å². The van der Waals surface area contributed by atoms with E-state index in [2.05, 4.69) is 5.32 Å². The molecule has 1 aliphatic rings. The fourth-order valence-electron chi connectivity index (χ4n) is 1.91. The predicted octanol–water partition coefficient (Wildman–Crippen LogP) is 1.77. The van der Waals surface area contributed by atoms with Crippen molar-refractivity contribution in [3.63, 3.8) is 0 Å². The molecular formula is C16H17N3O3S2. The quantitative estimate of drug-likeness (QED) is 0.776. The van der Waals surface area contributed by atoms with Gasteiger partial charge in [-0.05, 0) is 24.3 Å². The van der Waals surface area contributed by atoms with Gasteiger partial charge in [0.15, 0.2) is 4.91 Å². The predicted molar refractivity (Wildman–Crippen MR) is 95.1 cm³/mol. The van der Waals surface area contributed by atoms with E-state index in [1.807, 2.05) is 17.0 Å². The second-order valence-electron chi connectivity index (χ2n) is 4.72. The summed E-state index contributed by atoms with van der Waals surface area (Å²) >= 11 is -0.300. The number of likely N-dealkylation sites (N-methyl/N-ethyl adjacent to an activating group) is 1.